The van der Waals surface area contributed by atoms with Gasteiger partial charge in [-0.05, 0) is 39.9 Å². The highest BCUT2D eigenvalue weighted by Gasteiger charge is 2.28. The van der Waals surface area contributed by atoms with Crippen LogP contribution in [0.3, 0.4) is 0 Å². The molecule has 0 amide bonds. The Hall–Kier alpha value is -2.41. The lowest BCUT2D eigenvalue weighted by Gasteiger charge is -2.14. The molecule has 0 fully saturated rings. The minimum atomic E-state index is -0.187. The lowest BCUT2D eigenvalue weighted by atomic mass is 9.89. The molecule has 0 atom stereocenters. The molecule has 0 aliphatic heterocycles. The van der Waals surface area contributed by atoms with Crippen molar-refractivity contribution in [1.29, 1.82) is 0 Å². The van der Waals surface area contributed by atoms with Gasteiger partial charge in [0.1, 0.15) is 5.82 Å². The molecule has 0 radical (unpaired) electrons. The molecule has 1 heteroatoms. The van der Waals surface area contributed by atoms with Crippen molar-refractivity contribution in [3.05, 3.63) is 95.3 Å². The van der Waals surface area contributed by atoms with Crippen LogP contribution in [-0.2, 0) is 0 Å². The highest BCUT2D eigenvalue weighted by Crippen LogP contribution is 2.47. The molecule has 3 aromatic carbocycles. The summed E-state index contributed by atoms with van der Waals surface area (Å²) in [7, 11) is 0. The van der Waals surface area contributed by atoms with Gasteiger partial charge in [-0.25, -0.2) is 4.39 Å². The van der Waals surface area contributed by atoms with Crippen LogP contribution in [0, 0.1) is 5.82 Å². The molecule has 0 bridgehead atoms. The summed E-state index contributed by atoms with van der Waals surface area (Å²) in [5.41, 5.74) is 6.33. The van der Waals surface area contributed by atoms with Crippen molar-refractivity contribution in [2.24, 2.45) is 0 Å². The molecular weight excluding hydrogens is 247 g/mol. The quantitative estimate of drug-likeness (QED) is 0.452. The molecule has 4 rings (SSSR count). The molecule has 0 nitrogen and oxygen atoms in total. The molecule has 0 spiro atoms. The van der Waals surface area contributed by atoms with Gasteiger partial charge in [-0.15, -0.1) is 0 Å². The second-order valence-corrected chi connectivity index (χ2v) is 5.16. The van der Waals surface area contributed by atoms with Crippen LogP contribution in [0.15, 0.2) is 72.8 Å². The van der Waals surface area contributed by atoms with E-state index in [2.05, 4.69) is 48.5 Å². The minimum Gasteiger partial charge on any atom is -0.207 e. The van der Waals surface area contributed by atoms with Gasteiger partial charge in [0, 0.05) is 5.92 Å². The maximum absolute atomic E-state index is 13.2. The molecule has 0 aromatic heterocycles. The largest absolute Gasteiger partial charge is 0.207 e. The summed E-state index contributed by atoms with van der Waals surface area (Å²) < 4.78 is 13.2. The van der Waals surface area contributed by atoms with Crippen LogP contribution in [0.4, 0.5) is 4.39 Å². The van der Waals surface area contributed by atoms with Gasteiger partial charge in [0.2, 0.25) is 0 Å². The summed E-state index contributed by atoms with van der Waals surface area (Å²) in [5, 5.41) is 0. The van der Waals surface area contributed by atoms with Crippen LogP contribution in [0.1, 0.15) is 22.6 Å². The summed E-state index contributed by atoms with van der Waals surface area (Å²) in [4.78, 5) is 0. The average Bonchev–Trinajstić information content (AvgIpc) is 2.83. The van der Waals surface area contributed by atoms with E-state index in [1.54, 1.807) is 12.1 Å². The number of fused-ring (bicyclic) bond motifs is 3. The predicted octanol–water partition coefficient (Wildman–Crippen LogP) is 4.99. The molecule has 20 heavy (non-hydrogen) atoms. The molecule has 3 aromatic rings. The zero-order chi connectivity index (χ0) is 13.5. The number of halogens is 1. The molecule has 0 heterocycles. The third-order valence-electron chi connectivity index (χ3n) is 4.04. The van der Waals surface area contributed by atoms with Crippen molar-refractivity contribution in [3.8, 4) is 11.1 Å². The number of hydrogen-bond donors (Lipinski definition) is 0. The van der Waals surface area contributed by atoms with E-state index in [0.717, 1.165) is 5.56 Å². The van der Waals surface area contributed by atoms with E-state index in [0.29, 0.717) is 0 Å². The first-order chi connectivity index (χ1) is 9.84. The summed E-state index contributed by atoms with van der Waals surface area (Å²) in [6.07, 6.45) is 0. The monoisotopic (exact) mass is 260 g/mol. The van der Waals surface area contributed by atoms with Crippen LogP contribution >= 0.6 is 0 Å². The van der Waals surface area contributed by atoms with E-state index in [-0.39, 0.29) is 11.7 Å². The third-order valence-corrected chi connectivity index (χ3v) is 4.04. The average molecular weight is 260 g/mol. The Labute approximate surface area is 117 Å². The minimum absolute atomic E-state index is 0.187. The Kier molecular flexibility index (Phi) is 2.46. The smallest absolute Gasteiger partial charge is 0.123 e. The Morgan fingerprint density at radius 3 is 1.65 bits per heavy atom. The zero-order valence-electron chi connectivity index (χ0n) is 10.9. The molecule has 0 unspecified atom stereocenters. The predicted molar refractivity (Wildman–Crippen MR) is 79.2 cm³/mol. The summed E-state index contributed by atoms with van der Waals surface area (Å²) in [5.74, 6) is 0.0244. The third kappa shape index (κ3) is 1.60. The first kappa shape index (κ1) is 11.4. The van der Waals surface area contributed by atoms with Gasteiger partial charge in [-0.1, -0.05) is 60.7 Å². The highest BCUT2D eigenvalue weighted by molar-refractivity contribution is 5.80. The molecule has 0 N–H and O–H groups in total. The second-order valence-electron chi connectivity index (χ2n) is 5.16. The van der Waals surface area contributed by atoms with Crippen LogP contribution in [0.2, 0.25) is 0 Å². The fourth-order valence-corrected chi connectivity index (χ4v) is 3.17. The number of hydrogen-bond acceptors (Lipinski definition) is 0. The normalized spacial score (nSPS) is 13.1. The van der Waals surface area contributed by atoms with E-state index in [9.17, 15) is 4.39 Å². The standard InChI is InChI=1S/C19H13F/c20-14-11-9-13(10-12-14)19-17-7-3-1-5-15(17)16-6-2-4-8-18(16)19/h1-12,19H. The Balaban J connectivity index is 1.97. The van der Waals surface area contributed by atoms with Crippen molar-refractivity contribution >= 4 is 0 Å². The van der Waals surface area contributed by atoms with Gasteiger partial charge < -0.3 is 0 Å². The van der Waals surface area contributed by atoms with Crippen LogP contribution in [0.25, 0.3) is 11.1 Å². The molecular formula is C19H13F. The lowest BCUT2D eigenvalue weighted by molar-refractivity contribution is 0.627. The van der Waals surface area contributed by atoms with E-state index in [1.807, 2.05) is 12.1 Å². The van der Waals surface area contributed by atoms with E-state index in [1.165, 1.54) is 22.3 Å². The van der Waals surface area contributed by atoms with Gasteiger partial charge >= 0.3 is 0 Å². The Bertz CT molecular complexity index is 726. The fourth-order valence-electron chi connectivity index (χ4n) is 3.17. The topological polar surface area (TPSA) is 0 Å². The molecule has 1 aliphatic rings. The number of benzene rings is 3. The first-order valence-electron chi connectivity index (χ1n) is 6.78. The van der Waals surface area contributed by atoms with Gasteiger partial charge in [0.25, 0.3) is 0 Å². The van der Waals surface area contributed by atoms with Crippen molar-refractivity contribution < 1.29 is 4.39 Å². The van der Waals surface area contributed by atoms with E-state index in [4.69, 9.17) is 0 Å². The van der Waals surface area contributed by atoms with Gasteiger partial charge in [0.05, 0.1) is 0 Å². The lowest BCUT2D eigenvalue weighted by Crippen LogP contribution is -1.98. The van der Waals surface area contributed by atoms with E-state index < -0.39 is 0 Å². The summed E-state index contributed by atoms with van der Waals surface area (Å²) in [6.45, 7) is 0. The van der Waals surface area contributed by atoms with Crippen LogP contribution in [-0.4, -0.2) is 0 Å². The van der Waals surface area contributed by atoms with Gasteiger partial charge in [-0.2, -0.15) is 0 Å². The Morgan fingerprint density at radius 1 is 0.600 bits per heavy atom. The van der Waals surface area contributed by atoms with E-state index >= 15 is 0 Å². The van der Waals surface area contributed by atoms with Crippen molar-refractivity contribution in [1.82, 2.24) is 0 Å². The summed E-state index contributed by atoms with van der Waals surface area (Å²) >= 11 is 0. The molecule has 96 valence electrons. The SMILES string of the molecule is Fc1ccc(C2c3ccccc3-c3ccccc32)cc1. The van der Waals surface area contributed by atoms with Gasteiger partial charge in [0.15, 0.2) is 0 Å². The Morgan fingerprint density at radius 2 is 1.10 bits per heavy atom. The van der Waals surface area contributed by atoms with Gasteiger partial charge in [-0.3, -0.25) is 0 Å². The van der Waals surface area contributed by atoms with Crippen molar-refractivity contribution in [2.75, 3.05) is 0 Å². The molecule has 0 saturated heterocycles. The van der Waals surface area contributed by atoms with Crippen molar-refractivity contribution in [2.45, 2.75) is 5.92 Å². The van der Waals surface area contributed by atoms with Crippen molar-refractivity contribution in [3.63, 3.8) is 0 Å². The fraction of sp³-hybridized carbons (Fsp3) is 0.0526. The molecule has 0 saturated carbocycles. The zero-order valence-corrected chi connectivity index (χ0v) is 10.9. The second kappa shape index (κ2) is 4.31. The molecule has 1 aliphatic carbocycles. The number of rotatable bonds is 1. The highest BCUT2D eigenvalue weighted by atomic mass is 19.1. The maximum Gasteiger partial charge on any atom is 0.123 e. The maximum atomic E-state index is 13.2. The summed E-state index contributed by atoms with van der Waals surface area (Å²) in [6, 6.07) is 23.8. The van der Waals surface area contributed by atoms with Crippen LogP contribution in [0.5, 0.6) is 0 Å². The van der Waals surface area contributed by atoms with Crippen LogP contribution < -0.4 is 0 Å². The first-order valence-corrected chi connectivity index (χ1v) is 6.78.